The van der Waals surface area contributed by atoms with Crippen LogP contribution in [0.3, 0.4) is 0 Å². The molecule has 1 aliphatic heterocycles. The molecule has 0 saturated carbocycles. The molecule has 3 heterocycles. The monoisotopic (exact) mass is 447 g/mol. The van der Waals surface area contributed by atoms with Crippen LogP contribution in [0.5, 0.6) is 0 Å². The first-order valence-electron chi connectivity index (χ1n) is 9.13. The van der Waals surface area contributed by atoms with Crippen molar-refractivity contribution in [2.45, 2.75) is 45.8 Å². The highest BCUT2D eigenvalue weighted by atomic mass is 35.5. The molecule has 0 saturated heterocycles. The molecule has 0 aromatic carbocycles. The number of carbonyl (C=O) groups is 1. The minimum absolute atomic E-state index is 0.0981. The highest BCUT2D eigenvalue weighted by Crippen LogP contribution is 2.42. The molecule has 1 aliphatic rings. The second-order valence-corrected chi connectivity index (χ2v) is 9.95. The molecule has 1 N–H and O–H groups in total. The molecular formula is C21H22ClN3O2S2. The van der Waals surface area contributed by atoms with Crippen molar-refractivity contribution in [1.29, 1.82) is 0 Å². The Morgan fingerprint density at radius 3 is 2.86 bits per heavy atom. The van der Waals surface area contributed by atoms with Gasteiger partial charge in [0, 0.05) is 39.0 Å². The average Bonchev–Trinajstić information content (AvgIpc) is 3.03. The van der Waals surface area contributed by atoms with Crippen molar-refractivity contribution in [1.82, 2.24) is 10.3 Å². The highest BCUT2D eigenvalue weighted by molar-refractivity contribution is 8.13. The van der Waals surface area contributed by atoms with Crippen molar-refractivity contribution in [2.24, 2.45) is 4.99 Å². The summed E-state index contributed by atoms with van der Waals surface area (Å²) in [5.41, 5.74) is 1.29. The van der Waals surface area contributed by atoms with E-state index in [1.54, 1.807) is 24.5 Å². The number of hydrogen-bond donors (Lipinski definition) is 1. The van der Waals surface area contributed by atoms with Gasteiger partial charge in [0.2, 0.25) is 0 Å². The minimum Gasteiger partial charge on any atom is -0.444 e. The Bertz CT molecular complexity index is 999. The summed E-state index contributed by atoms with van der Waals surface area (Å²) in [4.78, 5) is 23.0. The van der Waals surface area contributed by atoms with Crippen molar-refractivity contribution >= 4 is 46.0 Å². The van der Waals surface area contributed by atoms with E-state index in [9.17, 15) is 4.79 Å². The van der Waals surface area contributed by atoms with Crippen LogP contribution in [0.2, 0.25) is 5.02 Å². The molecule has 3 rings (SSSR count). The van der Waals surface area contributed by atoms with Gasteiger partial charge in [-0.1, -0.05) is 29.3 Å². The number of aromatic nitrogens is 1. The summed E-state index contributed by atoms with van der Waals surface area (Å²) in [7, 11) is 0. The third-order valence-electron chi connectivity index (χ3n) is 3.82. The number of ether oxygens (including phenoxy) is 1. The number of nitrogens with zero attached hydrogens (tertiary/aromatic N) is 2. The molecule has 1 amide bonds. The van der Waals surface area contributed by atoms with Gasteiger partial charge in [0.25, 0.3) is 0 Å². The smallest absolute Gasteiger partial charge is 0.413 e. The molecule has 0 unspecified atom stereocenters. The van der Waals surface area contributed by atoms with E-state index in [4.69, 9.17) is 21.3 Å². The lowest BCUT2D eigenvalue weighted by molar-refractivity contribution is 0.0564. The molecule has 0 aliphatic carbocycles. The Labute approximate surface area is 184 Å². The van der Waals surface area contributed by atoms with Crippen molar-refractivity contribution in [2.75, 3.05) is 5.75 Å². The van der Waals surface area contributed by atoms with Gasteiger partial charge in [-0.3, -0.25) is 15.3 Å². The van der Waals surface area contributed by atoms with Crippen LogP contribution in [0.25, 0.3) is 10.4 Å². The summed E-state index contributed by atoms with van der Waals surface area (Å²) in [5, 5.41) is 3.98. The van der Waals surface area contributed by atoms with Crippen molar-refractivity contribution < 1.29 is 9.53 Å². The van der Waals surface area contributed by atoms with Crippen molar-refractivity contribution in [3.05, 3.63) is 40.0 Å². The first-order chi connectivity index (χ1) is 13.7. The molecule has 1 atom stereocenters. The predicted molar refractivity (Wildman–Crippen MR) is 122 cm³/mol. The van der Waals surface area contributed by atoms with Crippen LogP contribution in [0.4, 0.5) is 4.79 Å². The number of pyridine rings is 1. The lowest BCUT2D eigenvalue weighted by atomic mass is 10.1. The fourth-order valence-electron chi connectivity index (χ4n) is 2.70. The SMILES string of the molecule is CC#Cc1cncc(-c2cc(Cl)c([C@@H]3CCSC(NC(=O)OC(C)(C)C)=N3)s2)c1. The largest absolute Gasteiger partial charge is 0.444 e. The average molecular weight is 448 g/mol. The molecule has 5 nitrogen and oxygen atoms in total. The second-order valence-electron chi connectivity index (χ2n) is 7.37. The van der Waals surface area contributed by atoms with E-state index in [1.165, 1.54) is 11.8 Å². The Morgan fingerprint density at radius 2 is 2.14 bits per heavy atom. The third kappa shape index (κ3) is 5.99. The van der Waals surface area contributed by atoms with Crippen LogP contribution < -0.4 is 5.32 Å². The van der Waals surface area contributed by atoms with Crippen LogP contribution in [0.1, 0.15) is 50.6 Å². The van der Waals surface area contributed by atoms with E-state index >= 15 is 0 Å². The molecule has 29 heavy (non-hydrogen) atoms. The predicted octanol–water partition coefficient (Wildman–Crippen LogP) is 5.89. The zero-order valence-electron chi connectivity index (χ0n) is 16.7. The van der Waals surface area contributed by atoms with Gasteiger partial charge in [0.15, 0.2) is 5.17 Å². The molecule has 2 aromatic heterocycles. The molecule has 0 spiro atoms. The second kappa shape index (κ2) is 9.21. The maximum absolute atomic E-state index is 12.0. The zero-order valence-corrected chi connectivity index (χ0v) is 19.1. The number of amides is 1. The summed E-state index contributed by atoms with van der Waals surface area (Å²) in [6, 6.07) is 3.85. The van der Waals surface area contributed by atoms with E-state index in [1.807, 2.05) is 39.1 Å². The number of amidine groups is 1. The number of rotatable bonds is 2. The Balaban J connectivity index is 1.81. The number of aliphatic imine (C=N–C) groups is 1. The third-order valence-corrected chi connectivity index (χ3v) is 6.45. The molecular weight excluding hydrogens is 426 g/mol. The lowest BCUT2D eigenvalue weighted by Crippen LogP contribution is -2.36. The fraction of sp³-hybridized carbons (Fsp3) is 0.381. The molecule has 2 aromatic rings. The number of alkyl carbamates (subject to hydrolysis) is 1. The van der Waals surface area contributed by atoms with Crippen LogP contribution in [-0.2, 0) is 4.74 Å². The van der Waals surface area contributed by atoms with Crippen LogP contribution in [0.15, 0.2) is 29.5 Å². The quantitative estimate of drug-likeness (QED) is 0.582. The summed E-state index contributed by atoms with van der Waals surface area (Å²) in [5.74, 6) is 6.75. The fourth-order valence-corrected chi connectivity index (χ4v) is 5.11. The maximum atomic E-state index is 12.0. The van der Waals surface area contributed by atoms with Crippen LogP contribution in [0, 0.1) is 11.8 Å². The molecule has 152 valence electrons. The number of hydrogen-bond acceptors (Lipinski definition) is 6. The molecule has 0 radical (unpaired) electrons. The highest BCUT2D eigenvalue weighted by Gasteiger charge is 2.25. The standard InChI is InChI=1S/C21H22ClN3O2S2/c1-5-6-13-9-14(12-23-11-13)17-10-15(22)18(29-17)16-7-8-28-19(24-16)25-20(26)27-21(2,3)4/h9-12,16H,7-8H2,1-4H3,(H,24,25,26)/t16-/m0/s1. The molecule has 8 heteroatoms. The van der Waals surface area contributed by atoms with E-state index in [-0.39, 0.29) is 6.04 Å². The number of thiophene rings is 1. The van der Waals surface area contributed by atoms with E-state index in [0.29, 0.717) is 10.2 Å². The van der Waals surface area contributed by atoms with Gasteiger partial charge in [-0.2, -0.15) is 0 Å². The van der Waals surface area contributed by atoms with Gasteiger partial charge in [-0.25, -0.2) is 4.79 Å². The lowest BCUT2D eigenvalue weighted by Gasteiger charge is -2.22. The Morgan fingerprint density at radius 1 is 1.34 bits per heavy atom. The number of nitrogens with one attached hydrogen (secondary N) is 1. The van der Waals surface area contributed by atoms with Gasteiger partial charge in [-0.05, 0) is 46.2 Å². The van der Waals surface area contributed by atoms with Gasteiger partial charge in [-0.15, -0.1) is 17.3 Å². The maximum Gasteiger partial charge on any atom is 0.413 e. The number of carbonyl (C=O) groups excluding carboxylic acids is 1. The summed E-state index contributed by atoms with van der Waals surface area (Å²) < 4.78 is 5.31. The van der Waals surface area contributed by atoms with Gasteiger partial charge >= 0.3 is 6.09 Å². The van der Waals surface area contributed by atoms with Gasteiger partial charge in [0.05, 0.1) is 11.1 Å². The van der Waals surface area contributed by atoms with E-state index < -0.39 is 11.7 Å². The summed E-state index contributed by atoms with van der Waals surface area (Å²) in [6.45, 7) is 7.28. The normalized spacial score (nSPS) is 16.4. The summed E-state index contributed by atoms with van der Waals surface area (Å²) >= 11 is 9.65. The molecule has 0 fully saturated rings. The first-order valence-corrected chi connectivity index (χ1v) is 11.3. The Hall–Kier alpha value is -2.01. The number of halogens is 1. The van der Waals surface area contributed by atoms with Gasteiger partial charge in [0.1, 0.15) is 5.60 Å². The minimum atomic E-state index is -0.555. The molecule has 0 bridgehead atoms. The topological polar surface area (TPSA) is 63.6 Å². The first kappa shape index (κ1) is 21.7. The number of thioether (sulfide) groups is 1. The van der Waals surface area contributed by atoms with E-state index in [0.717, 1.165) is 33.1 Å². The van der Waals surface area contributed by atoms with Crippen molar-refractivity contribution in [3.63, 3.8) is 0 Å². The summed E-state index contributed by atoms with van der Waals surface area (Å²) in [6.07, 6.45) is 3.90. The van der Waals surface area contributed by atoms with Crippen LogP contribution >= 0.6 is 34.7 Å². The van der Waals surface area contributed by atoms with Crippen molar-refractivity contribution in [3.8, 4) is 22.3 Å². The zero-order chi connectivity index (χ0) is 21.0. The van der Waals surface area contributed by atoms with Gasteiger partial charge < -0.3 is 4.74 Å². The van der Waals surface area contributed by atoms with Crippen LogP contribution in [-0.4, -0.2) is 27.6 Å². The van der Waals surface area contributed by atoms with E-state index in [2.05, 4.69) is 22.1 Å². The Kier molecular flexibility index (Phi) is 6.89.